The van der Waals surface area contributed by atoms with Gasteiger partial charge in [-0.25, -0.2) is 4.99 Å². The fourth-order valence-electron chi connectivity index (χ4n) is 2.17. The number of halogens is 1. The van der Waals surface area contributed by atoms with Crippen LogP contribution in [-0.4, -0.2) is 43.0 Å². The fourth-order valence-corrected chi connectivity index (χ4v) is 2.17. The Balaban J connectivity index is 0.00000364. The zero-order valence-electron chi connectivity index (χ0n) is 16.0. The van der Waals surface area contributed by atoms with Gasteiger partial charge in [-0.3, -0.25) is 0 Å². The molecule has 1 aromatic heterocycles. The van der Waals surface area contributed by atoms with Gasteiger partial charge in [0.2, 0.25) is 5.89 Å². The molecule has 0 fully saturated rings. The first kappa shape index (κ1) is 23.2. The van der Waals surface area contributed by atoms with Crippen LogP contribution >= 0.6 is 24.0 Å². The lowest BCUT2D eigenvalue weighted by Gasteiger charge is -2.11. The molecule has 0 aliphatic rings. The van der Waals surface area contributed by atoms with Crippen molar-refractivity contribution in [2.75, 3.05) is 26.9 Å². The zero-order chi connectivity index (χ0) is 18.6. The first-order valence-corrected chi connectivity index (χ1v) is 8.73. The topological polar surface area (TPSA) is 93.8 Å². The molecule has 27 heavy (non-hydrogen) atoms. The minimum atomic E-state index is 0. The molecule has 2 N–H and O–H groups in total. The molecule has 0 spiro atoms. The molecule has 0 saturated carbocycles. The summed E-state index contributed by atoms with van der Waals surface area (Å²) < 4.78 is 15.6. The van der Waals surface area contributed by atoms with E-state index in [1.54, 1.807) is 14.0 Å². The van der Waals surface area contributed by atoms with E-state index in [0.717, 1.165) is 37.5 Å². The maximum Gasteiger partial charge on any atom is 0.246 e. The van der Waals surface area contributed by atoms with Gasteiger partial charge in [0.05, 0.1) is 20.2 Å². The molecule has 1 aromatic carbocycles. The molecular formula is C18H28IN5O3. The van der Waals surface area contributed by atoms with E-state index in [-0.39, 0.29) is 24.0 Å². The lowest BCUT2D eigenvalue weighted by molar-refractivity contribution is 0.145. The summed E-state index contributed by atoms with van der Waals surface area (Å²) in [5.41, 5.74) is 1.09. The van der Waals surface area contributed by atoms with Crippen LogP contribution in [0.25, 0.3) is 0 Å². The Hall–Kier alpha value is -1.88. The normalized spacial score (nSPS) is 11.0. The Bertz CT molecular complexity index is 676. The fraction of sp³-hybridized carbons (Fsp3) is 0.500. The van der Waals surface area contributed by atoms with Crippen molar-refractivity contribution in [2.45, 2.75) is 33.4 Å². The average molecular weight is 489 g/mol. The smallest absolute Gasteiger partial charge is 0.246 e. The monoisotopic (exact) mass is 489 g/mol. The van der Waals surface area contributed by atoms with Crippen LogP contribution in [0, 0.1) is 6.92 Å². The molecule has 2 rings (SSSR count). The number of aryl methyl sites for hydroxylation is 1. The van der Waals surface area contributed by atoms with E-state index in [2.05, 4.69) is 25.8 Å². The first-order valence-electron chi connectivity index (χ1n) is 8.73. The third-order valence-electron chi connectivity index (χ3n) is 3.52. The van der Waals surface area contributed by atoms with E-state index in [1.807, 2.05) is 31.2 Å². The number of hydrogen-bond donors (Lipinski definition) is 2. The van der Waals surface area contributed by atoms with E-state index in [9.17, 15) is 0 Å². The van der Waals surface area contributed by atoms with E-state index in [4.69, 9.17) is 14.0 Å². The Morgan fingerprint density at radius 2 is 2.00 bits per heavy atom. The summed E-state index contributed by atoms with van der Waals surface area (Å²) in [4.78, 5) is 8.80. The summed E-state index contributed by atoms with van der Waals surface area (Å²) in [6.07, 6.45) is 0.900. The van der Waals surface area contributed by atoms with Gasteiger partial charge in [-0.05, 0) is 38.0 Å². The van der Waals surface area contributed by atoms with Crippen molar-refractivity contribution in [3.63, 3.8) is 0 Å². The zero-order valence-corrected chi connectivity index (χ0v) is 18.4. The molecule has 2 aromatic rings. The molecule has 0 aliphatic carbocycles. The van der Waals surface area contributed by atoms with Gasteiger partial charge >= 0.3 is 0 Å². The van der Waals surface area contributed by atoms with E-state index in [1.165, 1.54) is 0 Å². The molecule has 0 bridgehead atoms. The highest BCUT2D eigenvalue weighted by atomic mass is 127. The van der Waals surface area contributed by atoms with Crippen LogP contribution in [0.4, 0.5) is 0 Å². The standard InChI is InChI=1S/C18H27N5O3.HI/c1-4-25-11-5-10-19-18(21-13-17-22-14(2)23-26-17)20-12-15-6-8-16(24-3)9-7-15;/h6-9H,4-5,10-13H2,1-3H3,(H2,19,20,21);1H. The van der Waals surface area contributed by atoms with Crippen molar-refractivity contribution in [1.29, 1.82) is 0 Å². The molecular weight excluding hydrogens is 461 g/mol. The Morgan fingerprint density at radius 3 is 2.63 bits per heavy atom. The summed E-state index contributed by atoms with van der Waals surface area (Å²) >= 11 is 0. The van der Waals surface area contributed by atoms with Crippen molar-refractivity contribution >= 4 is 29.9 Å². The molecule has 0 amide bonds. The van der Waals surface area contributed by atoms with Crippen LogP contribution in [-0.2, 0) is 17.8 Å². The first-order chi connectivity index (χ1) is 12.7. The second-order valence-electron chi connectivity index (χ2n) is 5.58. The Morgan fingerprint density at radius 1 is 1.22 bits per heavy atom. The van der Waals surface area contributed by atoms with Crippen molar-refractivity contribution in [3.05, 3.63) is 41.5 Å². The minimum Gasteiger partial charge on any atom is -0.497 e. The number of methoxy groups -OCH3 is 1. The van der Waals surface area contributed by atoms with Crippen LogP contribution < -0.4 is 15.4 Å². The van der Waals surface area contributed by atoms with Crippen LogP contribution in [0.15, 0.2) is 33.8 Å². The van der Waals surface area contributed by atoms with Gasteiger partial charge in [-0.1, -0.05) is 17.3 Å². The number of rotatable bonds is 10. The highest BCUT2D eigenvalue weighted by molar-refractivity contribution is 14.0. The molecule has 0 unspecified atom stereocenters. The third-order valence-corrected chi connectivity index (χ3v) is 3.52. The number of hydrogen-bond acceptors (Lipinski definition) is 6. The number of ether oxygens (including phenoxy) is 2. The highest BCUT2D eigenvalue weighted by Gasteiger charge is 2.05. The number of aliphatic imine (C=N–C) groups is 1. The van der Waals surface area contributed by atoms with Gasteiger partial charge in [0.1, 0.15) is 5.75 Å². The Kier molecular flexibility index (Phi) is 11.4. The summed E-state index contributed by atoms with van der Waals surface area (Å²) in [5.74, 6) is 2.66. The molecule has 1 heterocycles. The van der Waals surface area contributed by atoms with E-state index >= 15 is 0 Å². The van der Waals surface area contributed by atoms with Crippen molar-refractivity contribution < 1.29 is 14.0 Å². The van der Waals surface area contributed by atoms with Gasteiger partial charge < -0.3 is 24.6 Å². The van der Waals surface area contributed by atoms with Crippen molar-refractivity contribution in [3.8, 4) is 5.75 Å². The quantitative estimate of drug-likeness (QED) is 0.229. The maximum atomic E-state index is 5.35. The maximum absolute atomic E-state index is 5.35. The van der Waals surface area contributed by atoms with Gasteiger partial charge in [0.25, 0.3) is 0 Å². The second-order valence-corrected chi connectivity index (χ2v) is 5.58. The number of nitrogens with one attached hydrogen (secondary N) is 2. The molecule has 9 heteroatoms. The molecule has 8 nitrogen and oxygen atoms in total. The molecule has 0 radical (unpaired) electrons. The molecule has 0 aliphatic heterocycles. The van der Waals surface area contributed by atoms with Gasteiger partial charge in [-0.15, -0.1) is 24.0 Å². The van der Waals surface area contributed by atoms with Crippen LogP contribution in [0.3, 0.4) is 0 Å². The predicted molar refractivity (Wildman–Crippen MR) is 115 cm³/mol. The van der Waals surface area contributed by atoms with Gasteiger partial charge in [0, 0.05) is 19.8 Å². The number of guanidine groups is 1. The number of benzene rings is 1. The molecule has 0 atom stereocenters. The molecule has 150 valence electrons. The van der Waals surface area contributed by atoms with Crippen LogP contribution in [0.2, 0.25) is 0 Å². The molecule has 0 saturated heterocycles. The number of nitrogens with zero attached hydrogens (tertiary/aromatic N) is 3. The van der Waals surface area contributed by atoms with Gasteiger partial charge in [-0.2, -0.15) is 4.98 Å². The summed E-state index contributed by atoms with van der Waals surface area (Å²) in [6.45, 7) is 6.96. The van der Waals surface area contributed by atoms with Crippen molar-refractivity contribution in [2.24, 2.45) is 4.99 Å². The van der Waals surface area contributed by atoms with Crippen LogP contribution in [0.5, 0.6) is 5.75 Å². The van der Waals surface area contributed by atoms with E-state index < -0.39 is 0 Å². The van der Waals surface area contributed by atoms with E-state index in [0.29, 0.717) is 30.8 Å². The highest BCUT2D eigenvalue weighted by Crippen LogP contribution is 2.11. The second kappa shape index (κ2) is 13.3. The third kappa shape index (κ3) is 9.05. The largest absolute Gasteiger partial charge is 0.497 e. The lowest BCUT2D eigenvalue weighted by atomic mass is 10.2. The Labute approximate surface area is 177 Å². The van der Waals surface area contributed by atoms with Gasteiger partial charge in [0.15, 0.2) is 11.8 Å². The predicted octanol–water partition coefficient (Wildman–Crippen LogP) is 2.67. The number of aromatic nitrogens is 2. The average Bonchev–Trinajstić information content (AvgIpc) is 3.08. The SMILES string of the molecule is CCOCCCNC(=NCc1ccc(OC)cc1)NCc1nc(C)no1.I. The summed E-state index contributed by atoms with van der Waals surface area (Å²) in [6, 6.07) is 7.84. The lowest BCUT2D eigenvalue weighted by Crippen LogP contribution is -2.38. The van der Waals surface area contributed by atoms with Crippen molar-refractivity contribution in [1.82, 2.24) is 20.8 Å². The van der Waals surface area contributed by atoms with Crippen LogP contribution in [0.1, 0.15) is 30.6 Å². The summed E-state index contributed by atoms with van der Waals surface area (Å²) in [5, 5.41) is 10.3. The minimum absolute atomic E-state index is 0. The summed E-state index contributed by atoms with van der Waals surface area (Å²) in [7, 11) is 1.65.